The molecule has 5 nitrogen and oxygen atoms in total. The van der Waals surface area contributed by atoms with Crippen molar-refractivity contribution < 1.29 is 23.8 Å². The Morgan fingerprint density at radius 1 is 1.27 bits per heavy atom. The number of amides is 1. The molecule has 3 rings (SSSR count). The van der Waals surface area contributed by atoms with Crippen LogP contribution in [0.25, 0.3) is 11.1 Å². The number of benzene rings is 2. The van der Waals surface area contributed by atoms with E-state index < -0.39 is 23.3 Å². The molecule has 0 bridgehead atoms. The average Bonchev–Trinajstić information content (AvgIpc) is 2.73. The molecular formula is C23H28F2N2O3. The van der Waals surface area contributed by atoms with Crippen molar-refractivity contribution in [3.63, 3.8) is 0 Å². The molecule has 0 saturated carbocycles. The van der Waals surface area contributed by atoms with Gasteiger partial charge in [0, 0.05) is 30.1 Å². The molecule has 1 saturated heterocycles. The van der Waals surface area contributed by atoms with Crippen LogP contribution in [0.3, 0.4) is 0 Å². The van der Waals surface area contributed by atoms with E-state index in [1.165, 1.54) is 18.2 Å². The maximum Gasteiger partial charge on any atom is 0.404 e. The molecule has 4 N–H and O–H groups in total. The fourth-order valence-electron chi connectivity index (χ4n) is 4.36. The van der Waals surface area contributed by atoms with Crippen LogP contribution in [0.2, 0.25) is 0 Å². The minimum Gasteiger partial charge on any atom is -0.465 e. The number of carbonyl (C=O) groups is 1. The topological polar surface area (TPSA) is 81.6 Å². The highest BCUT2D eigenvalue weighted by atomic mass is 19.1. The quantitative estimate of drug-likeness (QED) is 0.509. The molecule has 162 valence electrons. The number of carboxylic acid groups (broad SMARTS) is 1. The molecular weight excluding hydrogens is 390 g/mol. The first-order valence-corrected chi connectivity index (χ1v) is 10.3. The number of hydrogen-bond donors (Lipinski definition) is 4. The molecule has 0 aromatic heterocycles. The summed E-state index contributed by atoms with van der Waals surface area (Å²) in [5.41, 5.74) is -0.113. The fourth-order valence-corrected chi connectivity index (χ4v) is 4.36. The van der Waals surface area contributed by atoms with E-state index >= 15 is 4.39 Å². The highest BCUT2D eigenvalue weighted by molar-refractivity contribution is 5.70. The Morgan fingerprint density at radius 3 is 2.77 bits per heavy atom. The summed E-state index contributed by atoms with van der Waals surface area (Å²) in [5.74, 6) is -1.35. The van der Waals surface area contributed by atoms with Gasteiger partial charge in [-0.25, -0.2) is 13.6 Å². The molecule has 1 heterocycles. The van der Waals surface area contributed by atoms with Crippen molar-refractivity contribution in [2.75, 3.05) is 19.6 Å². The van der Waals surface area contributed by atoms with Gasteiger partial charge in [0.15, 0.2) is 0 Å². The van der Waals surface area contributed by atoms with E-state index in [1.807, 2.05) is 0 Å². The summed E-state index contributed by atoms with van der Waals surface area (Å²) in [4.78, 5) is 10.8. The third-order valence-corrected chi connectivity index (χ3v) is 5.85. The van der Waals surface area contributed by atoms with Gasteiger partial charge in [0.25, 0.3) is 0 Å². The lowest BCUT2D eigenvalue weighted by Gasteiger charge is -2.40. The summed E-state index contributed by atoms with van der Waals surface area (Å²) in [5, 5.41) is 26.3. The van der Waals surface area contributed by atoms with Gasteiger partial charge in [0.1, 0.15) is 11.6 Å². The number of aryl methyl sites for hydroxylation is 1. The first-order chi connectivity index (χ1) is 14.3. The molecule has 1 unspecified atom stereocenters. The maximum absolute atomic E-state index is 15.1. The predicted molar refractivity (Wildman–Crippen MR) is 111 cm³/mol. The molecule has 0 aliphatic carbocycles. The van der Waals surface area contributed by atoms with Crippen LogP contribution in [0, 0.1) is 24.5 Å². The number of aliphatic hydroxyl groups is 1. The Morgan fingerprint density at radius 2 is 2.07 bits per heavy atom. The van der Waals surface area contributed by atoms with E-state index in [9.17, 15) is 14.3 Å². The van der Waals surface area contributed by atoms with Gasteiger partial charge in [0.2, 0.25) is 0 Å². The molecule has 1 aliphatic rings. The number of nitrogens with one attached hydrogen (secondary N) is 2. The third-order valence-electron chi connectivity index (χ3n) is 5.85. The smallest absolute Gasteiger partial charge is 0.404 e. The lowest BCUT2D eigenvalue weighted by molar-refractivity contribution is -0.0417. The van der Waals surface area contributed by atoms with Gasteiger partial charge < -0.3 is 20.8 Å². The summed E-state index contributed by atoms with van der Waals surface area (Å²) >= 11 is 0. The second kappa shape index (κ2) is 9.53. The fraction of sp³-hybridized carbons (Fsp3) is 0.435. The summed E-state index contributed by atoms with van der Waals surface area (Å²) in [6.07, 6.45) is 1.06. The van der Waals surface area contributed by atoms with E-state index in [2.05, 4.69) is 10.6 Å². The molecule has 0 radical (unpaired) electrons. The van der Waals surface area contributed by atoms with Crippen molar-refractivity contribution in [2.45, 2.75) is 38.2 Å². The van der Waals surface area contributed by atoms with E-state index in [-0.39, 0.29) is 30.0 Å². The van der Waals surface area contributed by atoms with Crippen LogP contribution in [0.1, 0.15) is 36.8 Å². The van der Waals surface area contributed by atoms with Crippen LogP contribution in [-0.2, 0) is 5.60 Å². The molecule has 1 aliphatic heterocycles. The van der Waals surface area contributed by atoms with E-state index in [1.54, 1.807) is 25.1 Å². The molecule has 1 amide bonds. The first-order valence-electron chi connectivity index (χ1n) is 10.3. The zero-order valence-electron chi connectivity index (χ0n) is 17.0. The van der Waals surface area contributed by atoms with Gasteiger partial charge in [-0.1, -0.05) is 23.8 Å². The highest BCUT2D eigenvalue weighted by Crippen LogP contribution is 2.43. The van der Waals surface area contributed by atoms with Gasteiger partial charge in [0.05, 0.1) is 5.60 Å². The first kappa shape index (κ1) is 22.2. The van der Waals surface area contributed by atoms with Crippen LogP contribution in [-0.4, -0.2) is 35.9 Å². The largest absolute Gasteiger partial charge is 0.465 e. The zero-order chi connectivity index (χ0) is 21.7. The summed E-state index contributed by atoms with van der Waals surface area (Å²) in [6.45, 7) is 3.37. The van der Waals surface area contributed by atoms with Crippen molar-refractivity contribution in [2.24, 2.45) is 5.92 Å². The number of halogens is 2. The molecule has 7 heteroatoms. The van der Waals surface area contributed by atoms with Gasteiger partial charge in [-0.2, -0.15) is 0 Å². The average molecular weight is 418 g/mol. The van der Waals surface area contributed by atoms with E-state index in [0.29, 0.717) is 18.5 Å². The Labute approximate surface area is 175 Å². The second-order valence-corrected chi connectivity index (χ2v) is 7.95. The van der Waals surface area contributed by atoms with Crippen LogP contribution in [0.15, 0.2) is 36.4 Å². The molecule has 2 aromatic carbocycles. The van der Waals surface area contributed by atoms with Gasteiger partial charge >= 0.3 is 6.09 Å². The van der Waals surface area contributed by atoms with Crippen LogP contribution < -0.4 is 10.6 Å². The Bertz CT molecular complexity index is 900. The maximum atomic E-state index is 15.1. The summed E-state index contributed by atoms with van der Waals surface area (Å²) in [7, 11) is 0. The Hall–Kier alpha value is -2.51. The number of rotatable bonds is 7. The Balaban J connectivity index is 2.07. The number of hydrogen-bond acceptors (Lipinski definition) is 3. The minimum absolute atomic E-state index is 0.0676. The predicted octanol–water partition coefficient (Wildman–Crippen LogP) is 4.18. The number of piperidine rings is 1. The molecule has 2 atom stereocenters. The normalized spacial score (nSPS) is 18.6. The summed E-state index contributed by atoms with van der Waals surface area (Å²) in [6, 6.07) is 8.96. The molecule has 1 fully saturated rings. The van der Waals surface area contributed by atoms with E-state index in [4.69, 9.17) is 5.11 Å². The lowest BCUT2D eigenvalue weighted by atomic mass is 9.72. The monoisotopic (exact) mass is 418 g/mol. The highest BCUT2D eigenvalue weighted by Gasteiger charge is 2.41. The van der Waals surface area contributed by atoms with Crippen molar-refractivity contribution in [1.82, 2.24) is 10.6 Å². The second-order valence-electron chi connectivity index (χ2n) is 7.95. The third kappa shape index (κ3) is 4.79. The molecule has 30 heavy (non-hydrogen) atoms. The molecule has 0 spiro atoms. The molecule has 2 aromatic rings. The SMILES string of the molecule is Cc1ccc(F)c(-c2c(F)cccc2C(O)(CCCNC(=O)O)[C@@H]2CCCNC2)c1. The van der Waals surface area contributed by atoms with E-state index in [0.717, 1.165) is 24.9 Å². The zero-order valence-corrected chi connectivity index (χ0v) is 17.0. The minimum atomic E-state index is -1.43. The van der Waals surface area contributed by atoms with Crippen LogP contribution in [0.4, 0.5) is 13.6 Å². The van der Waals surface area contributed by atoms with Crippen molar-refractivity contribution in [1.29, 1.82) is 0 Å². The van der Waals surface area contributed by atoms with Crippen LogP contribution >= 0.6 is 0 Å². The lowest BCUT2D eigenvalue weighted by Crippen LogP contribution is -2.45. The van der Waals surface area contributed by atoms with Crippen molar-refractivity contribution >= 4 is 6.09 Å². The van der Waals surface area contributed by atoms with Crippen molar-refractivity contribution in [3.05, 3.63) is 59.2 Å². The summed E-state index contributed by atoms with van der Waals surface area (Å²) < 4.78 is 29.8. The van der Waals surface area contributed by atoms with Crippen molar-refractivity contribution in [3.8, 4) is 11.1 Å². The van der Waals surface area contributed by atoms with Gasteiger partial charge in [-0.05, 0) is 62.9 Å². The van der Waals surface area contributed by atoms with Gasteiger partial charge in [-0.3, -0.25) is 0 Å². The Kier molecular flexibility index (Phi) is 7.05. The van der Waals surface area contributed by atoms with Gasteiger partial charge in [-0.15, -0.1) is 0 Å². The standard InChI is InChI=1S/C23H28F2N2O3/c1-15-8-9-19(24)17(13-15)21-18(6-2-7-20(21)25)23(30,10-4-12-27-22(28)29)16-5-3-11-26-14-16/h2,6-9,13,16,26-27,30H,3-5,10-12,14H2,1H3,(H,28,29)/t16-,23?/m1/s1. The van der Waals surface area contributed by atoms with Crippen LogP contribution in [0.5, 0.6) is 0 Å².